The van der Waals surface area contributed by atoms with Crippen molar-refractivity contribution in [2.45, 2.75) is 37.3 Å². The molecule has 0 aliphatic carbocycles. The Balaban J connectivity index is 1.52. The van der Waals surface area contributed by atoms with Crippen molar-refractivity contribution >= 4 is 5.91 Å². The predicted molar refractivity (Wildman–Crippen MR) is 91.4 cm³/mol. The summed E-state index contributed by atoms with van der Waals surface area (Å²) in [6.07, 6.45) is 8.30. The molecule has 2 aliphatic heterocycles. The van der Waals surface area contributed by atoms with E-state index in [4.69, 9.17) is 11.2 Å². The van der Waals surface area contributed by atoms with Crippen molar-refractivity contribution in [3.8, 4) is 12.3 Å². The minimum absolute atomic E-state index is 0.0521. The highest BCUT2D eigenvalue weighted by Crippen LogP contribution is 2.36. The van der Waals surface area contributed by atoms with Gasteiger partial charge >= 0.3 is 0 Å². The van der Waals surface area contributed by atoms with E-state index < -0.39 is 0 Å². The van der Waals surface area contributed by atoms with Gasteiger partial charge in [-0.05, 0) is 17.9 Å². The van der Waals surface area contributed by atoms with Gasteiger partial charge in [0.1, 0.15) is 0 Å². The Labute approximate surface area is 142 Å². The molecule has 0 bridgehead atoms. The average Bonchev–Trinajstić information content (AvgIpc) is 3.41. The first kappa shape index (κ1) is 16.7. The van der Waals surface area contributed by atoms with Gasteiger partial charge in [0, 0.05) is 32.4 Å². The highest BCUT2D eigenvalue weighted by molar-refractivity contribution is 5.80. The zero-order valence-corrected chi connectivity index (χ0v) is 13.8. The van der Waals surface area contributed by atoms with Crippen LogP contribution in [-0.2, 0) is 9.53 Å². The van der Waals surface area contributed by atoms with E-state index in [0.717, 1.165) is 12.8 Å². The van der Waals surface area contributed by atoms with Gasteiger partial charge in [0.25, 0.3) is 0 Å². The number of hydrogen-bond donors (Lipinski definition) is 1. The van der Waals surface area contributed by atoms with Crippen molar-refractivity contribution < 1.29 is 9.53 Å². The number of rotatable bonds is 7. The number of ether oxygens (including phenoxy) is 1. The van der Waals surface area contributed by atoms with E-state index in [1.54, 1.807) is 0 Å². The molecule has 1 N–H and O–H groups in total. The number of terminal acetylenes is 1. The number of benzene rings is 1. The molecule has 2 atom stereocenters. The number of carbonyl (C=O) groups is 1. The fourth-order valence-corrected chi connectivity index (χ4v) is 3.28. The molecule has 0 unspecified atom stereocenters. The minimum Gasteiger partial charge on any atom is -0.381 e. The molecule has 126 valence electrons. The number of hydrogen-bond acceptors (Lipinski definition) is 4. The summed E-state index contributed by atoms with van der Waals surface area (Å²) in [4.78, 5) is 12.6. The maximum absolute atomic E-state index is 12.6. The Hall–Kier alpha value is -2.19. The summed E-state index contributed by atoms with van der Waals surface area (Å²) in [5, 5.41) is 11.2. The van der Waals surface area contributed by atoms with Crippen LogP contribution in [0.25, 0.3) is 0 Å². The fourth-order valence-electron chi connectivity index (χ4n) is 3.28. The highest BCUT2D eigenvalue weighted by atomic mass is 16.5. The average molecular weight is 325 g/mol. The van der Waals surface area contributed by atoms with Crippen molar-refractivity contribution in [1.29, 1.82) is 0 Å². The lowest BCUT2D eigenvalue weighted by atomic mass is 9.82. The third-order valence-electron chi connectivity index (χ3n) is 4.80. The van der Waals surface area contributed by atoms with Crippen LogP contribution in [0.5, 0.6) is 0 Å². The van der Waals surface area contributed by atoms with Crippen LogP contribution < -0.4 is 5.32 Å². The van der Waals surface area contributed by atoms with Gasteiger partial charge in [0.2, 0.25) is 5.91 Å². The van der Waals surface area contributed by atoms with E-state index in [-0.39, 0.29) is 23.4 Å². The second-order valence-corrected chi connectivity index (χ2v) is 6.41. The molecule has 2 heterocycles. The van der Waals surface area contributed by atoms with Crippen LogP contribution in [0.3, 0.4) is 0 Å². The molecular weight excluding hydrogens is 302 g/mol. The van der Waals surface area contributed by atoms with Gasteiger partial charge < -0.3 is 10.1 Å². The van der Waals surface area contributed by atoms with Gasteiger partial charge in [-0.2, -0.15) is 10.2 Å². The van der Waals surface area contributed by atoms with E-state index in [9.17, 15) is 4.79 Å². The fraction of sp³-hybridized carbons (Fsp3) is 0.526. The summed E-state index contributed by atoms with van der Waals surface area (Å²) >= 11 is 0. The summed E-state index contributed by atoms with van der Waals surface area (Å²) in [6, 6.07) is 10.2. The molecule has 0 spiro atoms. The molecule has 3 rings (SSSR count). The van der Waals surface area contributed by atoms with Crippen LogP contribution >= 0.6 is 0 Å². The van der Waals surface area contributed by atoms with Crippen LogP contribution in [0.15, 0.2) is 40.6 Å². The van der Waals surface area contributed by atoms with Crippen LogP contribution in [0, 0.1) is 18.3 Å². The van der Waals surface area contributed by atoms with E-state index in [0.29, 0.717) is 32.6 Å². The first-order valence-electron chi connectivity index (χ1n) is 8.52. The number of nitrogens with one attached hydrogen (secondary N) is 1. The van der Waals surface area contributed by atoms with E-state index in [1.807, 2.05) is 18.2 Å². The molecule has 1 amide bonds. The largest absolute Gasteiger partial charge is 0.381 e. The molecule has 1 aromatic carbocycles. The zero-order chi connectivity index (χ0) is 16.8. The normalized spacial score (nSPS) is 24.1. The summed E-state index contributed by atoms with van der Waals surface area (Å²) in [6.45, 7) is 1.74. The summed E-state index contributed by atoms with van der Waals surface area (Å²) in [7, 11) is 0. The van der Waals surface area contributed by atoms with Crippen molar-refractivity contribution in [3.63, 3.8) is 0 Å². The Bertz CT molecular complexity index is 630. The van der Waals surface area contributed by atoms with E-state index >= 15 is 0 Å². The number of carbonyl (C=O) groups excluding carboxylic acids is 1. The Morgan fingerprint density at radius 1 is 1.33 bits per heavy atom. The molecule has 24 heavy (non-hydrogen) atoms. The van der Waals surface area contributed by atoms with Crippen LogP contribution in [-0.4, -0.2) is 31.3 Å². The molecule has 1 fully saturated rings. The zero-order valence-electron chi connectivity index (χ0n) is 13.8. The van der Waals surface area contributed by atoms with Crippen LogP contribution in [0.4, 0.5) is 0 Å². The molecule has 0 radical (unpaired) electrons. The Kier molecular flexibility index (Phi) is 5.27. The summed E-state index contributed by atoms with van der Waals surface area (Å²) in [5.74, 6) is 2.74. The molecule has 5 nitrogen and oxygen atoms in total. The monoisotopic (exact) mass is 325 g/mol. The third-order valence-corrected chi connectivity index (χ3v) is 4.80. The summed E-state index contributed by atoms with van der Waals surface area (Å²) in [5.41, 5.74) is 0.861. The minimum atomic E-state index is -0.346. The van der Waals surface area contributed by atoms with Gasteiger partial charge in [-0.3, -0.25) is 4.79 Å². The highest BCUT2D eigenvalue weighted by Gasteiger charge is 2.39. The summed E-state index contributed by atoms with van der Waals surface area (Å²) < 4.78 is 5.55. The third kappa shape index (κ3) is 4.01. The molecule has 5 heteroatoms. The standard InChI is InChI=1S/C19H23N3O2/c1-2-3-10-19(21-22-19)11-12-20-18(23)17-14-24-13-9-16(17)15-7-5-4-6-8-15/h1,4-8,16-17H,3,9-14H2,(H,20,23)/t16-,17-/m1/s1. The van der Waals surface area contributed by atoms with Crippen molar-refractivity contribution in [1.82, 2.24) is 5.32 Å². The van der Waals surface area contributed by atoms with Crippen molar-refractivity contribution in [3.05, 3.63) is 35.9 Å². The molecule has 0 aromatic heterocycles. The van der Waals surface area contributed by atoms with Crippen molar-refractivity contribution in [2.24, 2.45) is 16.1 Å². The Morgan fingerprint density at radius 2 is 2.12 bits per heavy atom. The predicted octanol–water partition coefficient (Wildman–Crippen LogP) is 2.89. The van der Waals surface area contributed by atoms with Gasteiger partial charge in [0.15, 0.2) is 5.66 Å². The lowest BCUT2D eigenvalue weighted by molar-refractivity contribution is -0.130. The quantitative estimate of drug-likeness (QED) is 0.784. The molecule has 1 aromatic rings. The molecule has 2 aliphatic rings. The molecular formula is C19H23N3O2. The first-order chi connectivity index (χ1) is 11.7. The number of amides is 1. The van der Waals surface area contributed by atoms with E-state index in [2.05, 4.69) is 33.6 Å². The van der Waals surface area contributed by atoms with Crippen LogP contribution in [0.1, 0.15) is 37.2 Å². The van der Waals surface area contributed by atoms with Crippen molar-refractivity contribution in [2.75, 3.05) is 19.8 Å². The molecule has 1 saturated heterocycles. The first-order valence-corrected chi connectivity index (χ1v) is 8.52. The van der Waals surface area contributed by atoms with E-state index in [1.165, 1.54) is 5.56 Å². The molecule has 0 saturated carbocycles. The second kappa shape index (κ2) is 7.59. The van der Waals surface area contributed by atoms with Gasteiger partial charge in [-0.25, -0.2) is 0 Å². The Morgan fingerprint density at radius 3 is 2.83 bits per heavy atom. The maximum atomic E-state index is 12.6. The van der Waals surface area contributed by atoms with Crippen LogP contribution in [0.2, 0.25) is 0 Å². The van der Waals surface area contributed by atoms with Gasteiger partial charge in [-0.1, -0.05) is 30.3 Å². The maximum Gasteiger partial charge on any atom is 0.226 e. The smallest absolute Gasteiger partial charge is 0.226 e. The van der Waals surface area contributed by atoms with Gasteiger partial charge in [0.05, 0.1) is 12.5 Å². The lowest BCUT2D eigenvalue weighted by Crippen LogP contribution is -2.41. The number of nitrogens with zero attached hydrogens (tertiary/aromatic N) is 2. The lowest BCUT2D eigenvalue weighted by Gasteiger charge is -2.31. The SMILES string of the molecule is C#CCCC1(CCNC(=O)[C@@H]2COCC[C@@H]2c2ccccc2)N=N1. The second-order valence-electron chi connectivity index (χ2n) is 6.41. The topological polar surface area (TPSA) is 63.0 Å². The van der Waals surface area contributed by atoms with Gasteiger partial charge in [-0.15, -0.1) is 12.3 Å².